The summed E-state index contributed by atoms with van der Waals surface area (Å²) in [5, 5.41) is 7.22. The maximum atomic E-state index is 7.22. The van der Waals surface area contributed by atoms with E-state index < -0.39 is 0 Å². The third-order valence-corrected chi connectivity index (χ3v) is 2.27. The van der Waals surface area contributed by atoms with Crippen molar-refractivity contribution in [1.82, 2.24) is 0 Å². The van der Waals surface area contributed by atoms with Gasteiger partial charge in [-0.3, -0.25) is 5.41 Å². The van der Waals surface area contributed by atoms with Crippen LogP contribution in [0.3, 0.4) is 0 Å². The number of halogens is 1. The Kier molecular flexibility index (Phi) is 3.36. The number of hydrogen-bond donors (Lipinski definition) is 2. The molecular formula is C10H13ClN2O. The molecule has 1 atom stereocenters. The molecule has 0 saturated carbocycles. The number of ether oxygens (including phenoxy) is 1. The zero-order valence-corrected chi connectivity index (χ0v) is 8.51. The first-order valence-electron chi connectivity index (χ1n) is 4.32. The summed E-state index contributed by atoms with van der Waals surface area (Å²) in [7, 11) is 0. The van der Waals surface area contributed by atoms with Crippen molar-refractivity contribution in [2.75, 3.05) is 6.61 Å². The molecule has 2 rings (SSSR count). The first-order valence-corrected chi connectivity index (χ1v) is 4.32. The molecule has 1 aliphatic rings. The van der Waals surface area contributed by atoms with Gasteiger partial charge in [-0.15, -0.1) is 12.4 Å². The van der Waals surface area contributed by atoms with Gasteiger partial charge in [0.2, 0.25) is 0 Å². The molecule has 0 amide bonds. The summed E-state index contributed by atoms with van der Waals surface area (Å²) in [6.45, 7) is 0.652. The van der Waals surface area contributed by atoms with Gasteiger partial charge in [0.15, 0.2) is 0 Å². The predicted molar refractivity (Wildman–Crippen MR) is 58.5 cm³/mol. The van der Waals surface area contributed by atoms with E-state index >= 15 is 0 Å². The second kappa shape index (κ2) is 4.33. The van der Waals surface area contributed by atoms with E-state index in [1.807, 2.05) is 24.3 Å². The van der Waals surface area contributed by atoms with Gasteiger partial charge in [-0.25, -0.2) is 0 Å². The molecule has 0 fully saturated rings. The number of benzene rings is 1. The van der Waals surface area contributed by atoms with Crippen LogP contribution in [0.25, 0.3) is 0 Å². The summed E-state index contributed by atoms with van der Waals surface area (Å²) in [6.07, 6.45) is 0.594. The molecular weight excluding hydrogens is 200 g/mol. The number of para-hydroxylation sites is 1. The van der Waals surface area contributed by atoms with Crippen molar-refractivity contribution >= 4 is 18.2 Å². The number of fused-ring (bicyclic) bond motifs is 1. The van der Waals surface area contributed by atoms with Crippen LogP contribution in [0, 0.1) is 5.41 Å². The second-order valence-electron chi connectivity index (χ2n) is 3.28. The number of amidine groups is 1. The lowest BCUT2D eigenvalue weighted by Gasteiger charge is -2.05. The minimum Gasteiger partial charge on any atom is -0.493 e. The topological polar surface area (TPSA) is 59.1 Å². The van der Waals surface area contributed by atoms with Crippen LogP contribution < -0.4 is 10.5 Å². The quantitative estimate of drug-likeness (QED) is 0.581. The van der Waals surface area contributed by atoms with Crippen LogP contribution in [0.2, 0.25) is 0 Å². The maximum absolute atomic E-state index is 7.22. The fourth-order valence-corrected chi connectivity index (χ4v) is 1.66. The van der Waals surface area contributed by atoms with Crippen LogP contribution in [0.5, 0.6) is 5.75 Å². The van der Waals surface area contributed by atoms with E-state index in [2.05, 4.69) is 0 Å². The van der Waals surface area contributed by atoms with E-state index in [1.54, 1.807) is 0 Å². The van der Waals surface area contributed by atoms with E-state index in [-0.39, 0.29) is 24.2 Å². The average Bonchev–Trinajstić information content (AvgIpc) is 2.48. The normalized spacial score (nSPS) is 17.9. The molecule has 0 spiro atoms. The van der Waals surface area contributed by atoms with Crippen molar-refractivity contribution in [3.05, 3.63) is 29.8 Å². The average molecular weight is 213 g/mol. The summed E-state index contributed by atoms with van der Waals surface area (Å²) in [6, 6.07) is 7.93. The summed E-state index contributed by atoms with van der Waals surface area (Å²) in [4.78, 5) is 0. The Hall–Kier alpha value is -1.22. The van der Waals surface area contributed by atoms with Crippen LogP contribution in [-0.4, -0.2) is 12.4 Å². The molecule has 14 heavy (non-hydrogen) atoms. The minimum atomic E-state index is 0. The lowest BCUT2D eigenvalue weighted by Crippen LogP contribution is -2.15. The van der Waals surface area contributed by atoms with Gasteiger partial charge in [0.25, 0.3) is 0 Å². The largest absolute Gasteiger partial charge is 0.493 e. The molecule has 0 aliphatic carbocycles. The predicted octanol–water partition coefficient (Wildman–Crippen LogP) is 1.91. The summed E-state index contributed by atoms with van der Waals surface area (Å²) in [5.41, 5.74) is 6.54. The summed E-state index contributed by atoms with van der Waals surface area (Å²) < 4.78 is 5.46. The Labute approximate surface area is 89.2 Å². The minimum absolute atomic E-state index is 0. The Morgan fingerprint density at radius 1 is 1.50 bits per heavy atom. The van der Waals surface area contributed by atoms with Crippen LogP contribution in [-0.2, 0) is 0 Å². The third-order valence-electron chi connectivity index (χ3n) is 2.27. The Bertz CT molecular complexity index is 341. The number of rotatable bonds is 2. The number of hydrogen-bond acceptors (Lipinski definition) is 2. The molecule has 0 aromatic heterocycles. The molecule has 0 saturated heterocycles. The molecule has 1 aromatic rings. The Morgan fingerprint density at radius 2 is 2.21 bits per heavy atom. The molecule has 1 aromatic carbocycles. The van der Waals surface area contributed by atoms with Gasteiger partial charge < -0.3 is 10.5 Å². The van der Waals surface area contributed by atoms with Gasteiger partial charge in [-0.2, -0.15) is 0 Å². The smallest absolute Gasteiger partial charge is 0.122 e. The van der Waals surface area contributed by atoms with E-state index in [0.29, 0.717) is 13.0 Å². The van der Waals surface area contributed by atoms with E-state index in [9.17, 15) is 0 Å². The van der Waals surface area contributed by atoms with Gasteiger partial charge in [-0.1, -0.05) is 18.2 Å². The highest BCUT2D eigenvalue weighted by Gasteiger charge is 2.23. The molecule has 76 valence electrons. The first-order chi connectivity index (χ1) is 6.27. The molecule has 3 nitrogen and oxygen atoms in total. The monoisotopic (exact) mass is 212 g/mol. The lowest BCUT2D eigenvalue weighted by atomic mass is 9.98. The molecule has 1 aliphatic heterocycles. The molecule has 4 heteroatoms. The van der Waals surface area contributed by atoms with Crippen molar-refractivity contribution in [2.24, 2.45) is 5.73 Å². The van der Waals surface area contributed by atoms with Crippen LogP contribution >= 0.6 is 12.4 Å². The van der Waals surface area contributed by atoms with Gasteiger partial charge in [-0.05, 0) is 6.07 Å². The fraction of sp³-hybridized carbons (Fsp3) is 0.300. The lowest BCUT2D eigenvalue weighted by molar-refractivity contribution is 0.333. The SMILES string of the molecule is Cl.N=C(N)CC1COc2ccccc21. The van der Waals surface area contributed by atoms with Gasteiger partial charge >= 0.3 is 0 Å². The van der Waals surface area contributed by atoms with E-state index in [1.165, 1.54) is 5.56 Å². The fourth-order valence-electron chi connectivity index (χ4n) is 1.66. The van der Waals surface area contributed by atoms with Gasteiger partial charge in [0.1, 0.15) is 5.75 Å². The summed E-state index contributed by atoms with van der Waals surface area (Å²) >= 11 is 0. The zero-order chi connectivity index (χ0) is 9.26. The first kappa shape index (κ1) is 10.9. The maximum Gasteiger partial charge on any atom is 0.122 e. The highest BCUT2D eigenvalue weighted by molar-refractivity contribution is 5.85. The highest BCUT2D eigenvalue weighted by atomic mass is 35.5. The van der Waals surface area contributed by atoms with E-state index in [0.717, 1.165) is 5.75 Å². The van der Waals surface area contributed by atoms with Crippen molar-refractivity contribution in [1.29, 1.82) is 5.41 Å². The Balaban J connectivity index is 0.000000980. The number of nitrogens with one attached hydrogen (secondary N) is 1. The van der Waals surface area contributed by atoms with E-state index in [4.69, 9.17) is 15.9 Å². The highest BCUT2D eigenvalue weighted by Crippen LogP contribution is 2.35. The molecule has 0 bridgehead atoms. The van der Waals surface area contributed by atoms with Crippen molar-refractivity contribution in [2.45, 2.75) is 12.3 Å². The van der Waals surface area contributed by atoms with Crippen molar-refractivity contribution in [3.8, 4) is 5.75 Å². The van der Waals surface area contributed by atoms with Gasteiger partial charge in [0, 0.05) is 17.9 Å². The van der Waals surface area contributed by atoms with Crippen molar-refractivity contribution < 1.29 is 4.74 Å². The number of nitrogens with two attached hydrogens (primary N) is 1. The Morgan fingerprint density at radius 3 is 2.93 bits per heavy atom. The standard InChI is InChI=1S/C10H12N2O.ClH/c11-10(12)5-7-6-13-9-4-2-1-3-8(7)9;/h1-4,7H,5-6H2,(H3,11,12);1H. The molecule has 1 heterocycles. The molecule has 0 radical (unpaired) electrons. The molecule has 3 N–H and O–H groups in total. The van der Waals surface area contributed by atoms with Crippen molar-refractivity contribution in [3.63, 3.8) is 0 Å². The van der Waals surface area contributed by atoms with Gasteiger partial charge in [0.05, 0.1) is 12.4 Å². The third kappa shape index (κ3) is 1.99. The van der Waals surface area contributed by atoms with Crippen LogP contribution in [0.15, 0.2) is 24.3 Å². The zero-order valence-electron chi connectivity index (χ0n) is 7.69. The molecule has 1 unspecified atom stereocenters. The van der Waals surface area contributed by atoms with Crippen LogP contribution in [0.1, 0.15) is 17.9 Å². The summed E-state index contributed by atoms with van der Waals surface area (Å²) in [5.74, 6) is 1.44. The second-order valence-corrected chi connectivity index (χ2v) is 3.28. The van der Waals surface area contributed by atoms with Crippen LogP contribution in [0.4, 0.5) is 0 Å².